The summed E-state index contributed by atoms with van der Waals surface area (Å²) in [6, 6.07) is 20.7. The molecule has 15 nitrogen and oxygen atoms in total. The zero-order valence-electron chi connectivity index (χ0n) is 38.0. The SMILES string of the molecule is Cc1ncsc1-c1ccc([C@H](C)NC(=O)[C@@H]2C[C@@H](O)CN2C(=O)[C@@H](NC(=O)COc2ccc(-c3ccc(C4=NC(N)c5nnc(C)n5-c5sc(C)c(C)c54)cc3)cc2C#N)C(C)(C)C)cc1. The number of aliphatic hydroxyl groups excluding tert-OH is 1. The monoisotopic (exact) mass is 924 g/mol. The van der Waals surface area contributed by atoms with E-state index >= 15 is 0 Å². The van der Waals surface area contributed by atoms with Gasteiger partial charge < -0.3 is 31.1 Å². The minimum Gasteiger partial charge on any atom is -0.482 e. The van der Waals surface area contributed by atoms with Crippen molar-refractivity contribution in [2.45, 2.75) is 92.2 Å². The van der Waals surface area contributed by atoms with E-state index in [1.54, 1.807) is 34.8 Å². The Morgan fingerprint density at radius 2 is 1.65 bits per heavy atom. The molecule has 0 spiro atoms. The fourth-order valence-corrected chi connectivity index (χ4v) is 10.5. The Morgan fingerprint density at radius 1 is 0.970 bits per heavy atom. The van der Waals surface area contributed by atoms with Gasteiger partial charge in [0.05, 0.1) is 39.5 Å². The van der Waals surface area contributed by atoms with Crippen molar-refractivity contribution >= 4 is 46.1 Å². The molecule has 0 aliphatic carbocycles. The lowest BCUT2D eigenvalue weighted by atomic mass is 9.85. The van der Waals surface area contributed by atoms with Crippen LogP contribution in [-0.2, 0) is 14.4 Å². The summed E-state index contributed by atoms with van der Waals surface area (Å²) in [5, 5.41) is 36.3. The number of aryl methyl sites for hydroxylation is 3. The van der Waals surface area contributed by atoms with Crippen LogP contribution in [0.4, 0.5) is 0 Å². The molecule has 5 heterocycles. The molecule has 3 aromatic carbocycles. The van der Waals surface area contributed by atoms with Gasteiger partial charge in [-0.15, -0.1) is 32.9 Å². The van der Waals surface area contributed by atoms with Gasteiger partial charge in [0.25, 0.3) is 5.91 Å². The normalized spacial score (nSPS) is 17.7. The number of benzene rings is 3. The molecule has 8 rings (SSSR count). The van der Waals surface area contributed by atoms with Crippen LogP contribution in [0.25, 0.3) is 26.6 Å². The molecular weight excluding hydrogens is 873 g/mol. The molecular formula is C49H52N10O5S2. The third kappa shape index (κ3) is 9.01. The van der Waals surface area contributed by atoms with Crippen molar-refractivity contribution in [1.29, 1.82) is 5.26 Å². The summed E-state index contributed by atoms with van der Waals surface area (Å²) < 4.78 is 7.87. The molecule has 2 aliphatic heterocycles. The lowest BCUT2D eigenvalue weighted by Crippen LogP contribution is -2.58. The van der Waals surface area contributed by atoms with Gasteiger partial charge in [-0.3, -0.25) is 23.9 Å². The van der Waals surface area contributed by atoms with Crippen LogP contribution in [0.2, 0.25) is 0 Å². The molecule has 1 fully saturated rings. The first kappa shape index (κ1) is 46.0. The number of aromatic nitrogens is 4. The number of thiazole rings is 1. The fraction of sp³-hybridized carbons (Fsp3) is 0.347. The Labute approximate surface area is 391 Å². The number of aliphatic hydroxyl groups is 1. The topological polar surface area (TPSA) is 214 Å². The van der Waals surface area contributed by atoms with Crippen molar-refractivity contribution in [2.24, 2.45) is 16.1 Å². The number of rotatable bonds is 11. The molecule has 3 amide bonds. The number of carbonyl (C=O) groups excluding carboxylic acids is 3. The van der Waals surface area contributed by atoms with Crippen LogP contribution in [0.5, 0.6) is 5.75 Å². The lowest BCUT2D eigenvalue weighted by molar-refractivity contribution is -0.144. The van der Waals surface area contributed by atoms with Gasteiger partial charge >= 0.3 is 0 Å². The van der Waals surface area contributed by atoms with Crippen LogP contribution >= 0.6 is 22.7 Å². The van der Waals surface area contributed by atoms with E-state index in [-0.39, 0.29) is 30.3 Å². The van der Waals surface area contributed by atoms with Crippen LogP contribution in [0.15, 0.2) is 77.2 Å². The number of β-amino-alcohol motifs (C(OH)–C–C–N with tert-alkyl or cyclic N) is 1. The fourth-order valence-electron chi connectivity index (χ4n) is 8.45. The Hall–Kier alpha value is -6.58. The summed E-state index contributed by atoms with van der Waals surface area (Å²) in [4.78, 5) is 54.3. The molecule has 3 aromatic heterocycles. The van der Waals surface area contributed by atoms with Gasteiger partial charge in [0.2, 0.25) is 11.8 Å². The standard InChI is InChI=1S/C49H52N10O5S2/c1-25-28(4)66-48-40(25)41(55-44(51)45-57-56-29(5)59(45)48)32-13-11-31(12-14-32)34-17-18-38(35(19-34)21-50)64-23-39(61)54-43(49(6,7)8)47(63)58-22-36(60)20-37(58)46(62)53-26(2)30-9-15-33(16-10-30)42-27(3)52-24-65-42/h9-19,24,26,36-37,43-44,60H,20,22-23,51H2,1-8H3,(H,53,62)(H,54,61)/t26-,36+,37-,43+,44?/m0/s1. The summed E-state index contributed by atoms with van der Waals surface area (Å²) >= 11 is 3.22. The Morgan fingerprint density at radius 3 is 2.32 bits per heavy atom. The summed E-state index contributed by atoms with van der Waals surface area (Å²) in [6.45, 7) is 14.8. The van der Waals surface area contributed by atoms with Gasteiger partial charge in [-0.1, -0.05) is 75.4 Å². The van der Waals surface area contributed by atoms with Crippen molar-refractivity contribution < 1.29 is 24.2 Å². The first-order chi connectivity index (χ1) is 31.4. The summed E-state index contributed by atoms with van der Waals surface area (Å²) in [5.74, 6) is 0.0393. The van der Waals surface area contributed by atoms with Gasteiger partial charge in [-0.25, -0.2) is 4.98 Å². The second-order valence-corrected chi connectivity index (χ2v) is 20.0. The van der Waals surface area contributed by atoms with Gasteiger partial charge in [0.15, 0.2) is 18.6 Å². The number of nitriles is 1. The molecule has 1 unspecified atom stereocenters. The maximum atomic E-state index is 14.2. The number of carbonyl (C=O) groups is 3. The number of nitrogens with one attached hydrogen (secondary N) is 2. The maximum Gasteiger partial charge on any atom is 0.258 e. The molecule has 0 radical (unpaired) electrons. The highest BCUT2D eigenvalue weighted by Gasteiger charge is 2.45. The number of thiophene rings is 1. The zero-order valence-corrected chi connectivity index (χ0v) is 39.7. The van der Waals surface area contributed by atoms with E-state index in [1.165, 1.54) is 4.90 Å². The quantitative estimate of drug-likeness (QED) is 0.107. The van der Waals surface area contributed by atoms with E-state index in [2.05, 4.69) is 45.7 Å². The van der Waals surface area contributed by atoms with Crippen LogP contribution < -0.4 is 21.1 Å². The Balaban J connectivity index is 0.918. The number of amides is 3. The lowest BCUT2D eigenvalue weighted by Gasteiger charge is -2.35. The van der Waals surface area contributed by atoms with E-state index in [1.807, 2.05) is 106 Å². The second kappa shape index (κ2) is 18.4. The third-order valence-electron chi connectivity index (χ3n) is 12.2. The first-order valence-electron chi connectivity index (χ1n) is 21.7. The second-order valence-electron chi connectivity index (χ2n) is 17.9. The molecule has 5 N–H and O–H groups in total. The third-order valence-corrected chi connectivity index (χ3v) is 14.4. The number of nitrogens with two attached hydrogens (primary N) is 1. The van der Waals surface area contributed by atoms with Gasteiger partial charge in [-0.2, -0.15) is 5.26 Å². The number of fused-ring (bicyclic) bond motifs is 3. The highest BCUT2D eigenvalue weighted by atomic mass is 32.1. The number of nitrogens with zero attached hydrogens (tertiary/aromatic N) is 7. The largest absolute Gasteiger partial charge is 0.482 e. The molecule has 66 heavy (non-hydrogen) atoms. The van der Waals surface area contributed by atoms with Gasteiger partial charge in [0.1, 0.15) is 34.7 Å². The number of aliphatic imine (C=N–C) groups is 1. The highest BCUT2D eigenvalue weighted by molar-refractivity contribution is 7.15. The maximum absolute atomic E-state index is 14.2. The minimum atomic E-state index is -1.06. The van der Waals surface area contributed by atoms with Crippen molar-refractivity contribution in [2.75, 3.05) is 13.2 Å². The highest BCUT2D eigenvalue weighted by Crippen LogP contribution is 2.38. The number of hydrogen-bond acceptors (Lipinski definition) is 13. The molecule has 1 saturated heterocycles. The molecule has 17 heteroatoms. The van der Waals surface area contributed by atoms with E-state index in [0.717, 1.165) is 70.9 Å². The smallest absolute Gasteiger partial charge is 0.258 e. The zero-order chi connectivity index (χ0) is 47.2. The van der Waals surface area contributed by atoms with Crippen molar-refractivity contribution in [3.63, 3.8) is 0 Å². The van der Waals surface area contributed by atoms with Crippen molar-refractivity contribution in [1.82, 2.24) is 35.3 Å². The van der Waals surface area contributed by atoms with Gasteiger partial charge in [0, 0.05) is 29.0 Å². The summed E-state index contributed by atoms with van der Waals surface area (Å²) in [7, 11) is 0. The summed E-state index contributed by atoms with van der Waals surface area (Å²) in [5.41, 5.74) is 16.0. The Bertz CT molecular complexity index is 2900. The molecule has 340 valence electrons. The first-order valence-corrected chi connectivity index (χ1v) is 23.4. The van der Waals surface area contributed by atoms with E-state index in [0.29, 0.717) is 5.82 Å². The number of hydrogen-bond donors (Lipinski definition) is 4. The van der Waals surface area contributed by atoms with Crippen molar-refractivity contribution in [3.05, 3.63) is 122 Å². The van der Waals surface area contributed by atoms with Crippen LogP contribution in [-0.4, -0.2) is 84.5 Å². The number of likely N-dealkylation sites (tertiary alicyclic amines) is 1. The van der Waals surface area contributed by atoms with Crippen LogP contribution in [0, 0.1) is 44.4 Å². The molecule has 0 bridgehead atoms. The van der Waals surface area contributed by atoms with E-state index in [9.17, 15) is 24.8 Å². The summed E-state index contributed by atoms with van der Waals surface area (Å²) in [6.07, 6.45) is -1.57. The van der Waals surface area contributed by atoms with Crippen LogP contribution in [0.1, 0.15) is 96.4 Å². The minimum absolute atomic E-state index is 0.0590. The van der Waals surface area contributed by atoms with Crippen molar-refractivity contribution in [3.8, 4) is 38.4 Å². The van der Waals surface area contributed by atoms with E-state index < -0.39 is 54.1 Å². The predicted octanol–water partition coefficient (Wildman–Crippen LogP) is 6.78. The molecule has 6 aromatic rings. The molecule has 5 atom stereocenters. The average Bonchev–Trinajstić information content (AvgIpc) is 4.06. The predicted molar refractivity (Wildman–Crippen MR) is 254 cm³/mol. The molecule has 2 aliphatic rings. The molecule has 0 saturated carbocycles. The average molecular weight is 925 g/mol. The number of ether oxygens (including phenoxy) is 1. The Kier molecular flexibility index (Phi) is 12.8. The van der Waals surface area contributed by atoms with E-state index in [4.69, 9.17) is 15.5 Å². The van der Waals surface area contributed by atoms with Gasteiger partial charge in [-0.05, 0) is 80.0 Å². The van der Waals surface area contributed by atoms with Crippen LogP contribution in [0.3, 0.4) is 0 Å².